The first-order valence-electron chi connectivity index (χ1n) is 25.7. The van der Waals surface area contributed by atoms with Gasteiger partial charge in [0.15, 0.2) is 0 Å². The van der Waals surface area contributed by atoms with Gasteiger partial charge in [-0.05, 0) is 120 Å². The highest BCUT2D eigenvalue weighted by Gasteiger charge is 2.44. The smallest absolute Gasteiger partial charge is 0.246 e. The highest BCUT2D eigenvalue weighted by molar-refractivity contribution is 7.89. The molecule has 2 aromatic heterocycles. The molecule has 0 bridgehead atoms. The zero-order valence-electron chi connectivity index (χ0n) is 44.4. The van der Waals surface area contributed by atoms with Crippen LogP contribution in [0.2, 0.25) is 0 Å². The van der Waals surface area contributed by atoms with Gasteiger partial charge in [0, 0.05) is 79.9 Å². The highest BCUT2D eigenvalue weighted by Crippen LogP contribution is 2.31. The Bertz CT molecular complexity index is 2820. The Balaban J connectivity index is 0.806. The number of aromatic nitrogens is 3. The Hall–Kier alpha value is -5.99. The van der Waals surface area contributed by atoms with Crippen LogP contribution in [0.5, 0.6) is 0 Å². The molecular weight excluding hydrogens is 975 g/mol. The number of amides is 3. The lowest BCUT2D eigenvalue weighted by Gasteiger charge is -2.36. The van der Waals surface area contributed by atoms with E-state index in [1.54, 1.807) is 62.6 Å². The van der Waals surface area contributed by atoms with Gasteiger partial charge in [0.1, 0.15) is 17.9 Å². The number of likely N-dealkylation sites (tertiary alicyclic amines) is 1. The van der Waals surface area contributed by atoms with Crippen molar-refractivity contribution in [2.75, 3.05) is 54.8 Å². The van der Waals surface area contributed by atoms with Crippen molar-refractivity contribution >= 4 is 67.9 Å². The molecule has 0 radical (unpaired) electrons. The molecule has 3 aromatic carbocycles. The fourth-order valence-electron chi connectivity index (χ4n) is 9.31. The SMILES string of the molecule is Cc1cnc(Nc2ccc(N3CCN(CCCCCCC(=O)NC(C(=O)N4CC(O)CC4C(=O)NC(C)c4ccc(-c5scnc5C)cc4)C(C)(C)C)CC3)cc2)nc1Nc1cccc(S(=O)(=O)NC(C)(C)C)c1. The number of aliphatic hydroxyl groups is 1. The highest BCUT2D eigenvalue weighted by atomic mass is 32.2. The predicted molar refractivity (Wildman–Crippen MR) is 294 cm³/mol. The summed E-state index contributed by atoms with van der Waals surface area (Å²) in [6.07, 6.45) is 4.94. The maximum Gasteiger partial charge on any atom is 0.246 e. The van der Waals surface area contributed by atoms with Gasteiger partial charge in [-0.1, -0.05) is 63.9 Å². The van der Waals surface area contributed by atoms with Crippen LogP contribution in [0, 0.1) is 19.3 Å². The van der Waals surface area contributed by atoms with Crippen LogP contribution in [0.1, 0.15) is 110 Å². The molecule has 2 aliphatic rings. The van der Waals surface area contributed by atoms with E-state index in [0.29, 0.717) is 30.3 Å². The molecule has 3 amide bonds. The minimum Gasteiger partial charge on any atom is -0.391 e. The van der Waals surface area contributed by atoms with Crippen molar-refractivity contribution in [1.29, 1.82) is 0 Å². The van der Waals surface area contributed by atoms with E-state index < -0.39 is 39.2 Å². The number of carbonyl (C=O) groups excluding carboxylic acids is 3. The van der Waals surface area contributed by atoms with E-state index in [0.717, 1.165) is 90.6 Å². The number of rotatable bonds is 20. The molecule has 4 unspecified atom stereocenters. The number of hydrogen-bond acceptors (Lipinski definition) is 14. The van der Waals surface area contributed by atoms with Crippen molar-refractivity contribution in [3.8, 4) is 10.4 Å². The summed E-state index contributed by atoms with van der Waals surface area (Å²) in [7, 11) is -3.71. The lowest BCUT2D eigenvalue weighted by atomic mass is 9.85. The number of benzene rings is 3. The van der Waals surface area contributed by atoms with Crippen molar-refractivity contribution in [3.05, 3.63) is 101 Å². The number of aliphatic hydroxyl groups excluding tert-OH is 1. The first kappa shape index (κ1) is 55.8. The van der Waals surface area contributed by atoms with Gasteiger partial charge >= 0.3 is 0 Å². The van der Waals surface area contributed by atoms with Crippen LogP contribution in [0.4, 0.5) is 28.8 Å². The minimum atomic E-state index is -3.71. The second-order valence-electron chi connectivity index (χ2n) is 21.8. The van der Waals surface area contributed by atoms with E-state index in [2.05, 4.69) is 62.9 Å². The molecule has 0 saturated carbocycles. The number of sulfonamides is 1. The molecule has 19 heteroatoms. The second-order valence-corrected chi connectivity index (χ2v) is 24.3. The number of aryl methyl sites for hydroxylation is 2. The first-order valence-corrected chi connectivity index (χ1v) is 28.1. The molecule has 398 valence electrons. The minimum absolute atomic E-state index is 0.0254. The van der Waals surface area contributed by atoms with Crippen LogP contribution in [0.15, 0.2) is 89.4 Å². The average Bonchev–Trinajstić information content (AvgIpc) is 3.97. The zero-order valence-corrected chi connectivity index (χ0v) is 46.0. The molecule has 0 aliphatic carbocycles. The molecule has 17 nitrogen and oxygen atoms in total. The number of thiazole rings is 1. The lowest BCUT2D eigenvalue weighted by Crippen LogP contribution is -2.57. The van der Waals surface area contributed by atoms with Gasteiger partial charge in [-0.25, -0.2) is 23.1 Å². The summed E-state index contributed by atoms with van der Waals surface area (Å²) in [6.45, 7) is 21.6. The zero-order chi connectivity index (χ0) is 53.4. The molecule has 74 heavy (non-hydrogen) atoms. The van der Waals surface area contributed by atoms with Crippen molar-refractivity contribution in [1.82, 2.24) is 40.1 Å². The van der Waals surface area contributed by atoms with Crippen molar-refractivity contribution in [2.24, 2.45) is 5.41 Å². The van der Waals surface area contributed by atoms with Gasteiger partial charge in [0.25, 0.3) is 0 Å². The third kappa shape index (κ3) is 15.1. The number of anilines is 5. The molecule has 6 N–H and O–H groups in total. The molecular formula is C55H75N11O6S2. The number of unbranched alkanes of at least 4 members (excludes halogenated alkanes) is 3. The summed E-state index contributed by atoms with van der Waals surface area (Å²) in [5.74, 6) is 0.0768. The normalized spacial score (nSPS) is 17.4. The van der Waals surface area contributed by atoms with E-state index >= 15 is 0 Å². The van der Waals surface area contributed by atoms with Gasteiger partial charge in [-0.15, -0.1) is 11.3 Å². The first-order chi connectivity index (χ1) is 35.0. The van der Waals surface area contributed by atoms with Crippen LogP contribution in [0.25, 0.3) is 10.4 Å². The second kappa shape index (κ2) is 24.1. The summed E-state index contributed by atoms with van der Waals surface area (Å²) >= 11 is 1.58. The van der Waals surface area contributed by atoms with Gasteiger partial charge in [-0.2, -0.15) is 4.98 Å². The lowest BCUT2D eigenvalue weighted by molar-refractivity contribution is -0.144. The predicted octanol–water partition coefficient (Wildman–Crippen LogP) is 8.22. The number of nitrogens with one attached hydrogen (secondary N) is 5. The number of piperazine rings is 1. The number of hydrogen-bond donors (Lipinski definition) is 6. The van der Waals surface area contributed by atoms with Crippen molar-refractivity contribution in [3.63, 3.8) is 0 Å². The van der Waals surface area contributed by atoms with Crippen LogP contribution in [-0.4, -0.2) is 119 Å². The van der Waals surface area contributed by atoms with Gasteiger partial charge < -0.3 is 36.2 Å². The van der Waals surface area contributed by atoms with Crippen molar-refractivity contribution in [2.45, 2.75) is 136 Å². The maximum absolute atomic E-state index is 14.2. The summed E-state index contributed by atoms with van der Waals surface area (Å²) in [5, 5.41) is 23.3. The number of carbonyl (C=O) groups is 3. The standard InChI is InChI=1S/C55H75N11O6S2/c1-36-33-56-53(62-50(36)59-42-15-14-16-45(31-42)74(71,72)63-55(7,8)9)60-41-22-24-43(25-23-41)65-29-27-64(28-30-65)26-13-11-10-12-17-47(68)61-49(54(4,5)6)52(70)66-34-44(67)32-46(66)51(69)58-37(2)39-18-20-40(21-19-39)48-38(3)57-35-73-48/h14-16,18-25,31,33,35,37,44,46,49,63,67H,10-13,17,26-30,32,34H2,1-9H3,(H,58,69)(H,61,68)(H2,56,59,60,62). The molecule has 2 aliphatic heterocycles. The molecule has 4 heterocycles. The molecule has 4 atom stereocenters. The molecule has 2 saturated heterocycles. The van der Waals surface area contributed by atoms with Gasteiger partial charge in [0.05, 0.1) is 33.1 Å². The van der Waals surface area contributed by atoms with E-state index in [9.17, 15) is 27.9 Å². The fraction of sp³-hybridized carbons (Fsp3) is 0.491. The average molecular weight is 1050 g/mol. The third-order valence-electron chi connectivity index (χ3n) is 13.4. The topological polar surface area (TPSA) is 214 Å². The summed E-state index contributed by atoms with van der Waals surface area (Å²) < 4.78 is 28.6. The Morgan fingerprint density at radius 3 is 2.20 bits per heavy atom. The monoisotopic (exact) mass is 1050 g/mol. The molecule has 0 spiro atoms. The Kier molecular flexibility index (Phi) is 18.2. The van der Waals surface area contributed by atoms with E-state index in [1.165, 1.54) is 4.90 Å². The largest absolute Gasteiger partial charge is 0.391 e. The van der Waals surface area contributed by atoms with Crippen LogP contribution >= 0.6 is 11.3 Å². The maximum atomic E-state index is 14.2. The quantitative estimate of drug-likeness (QED) is 0.0406. The van der Waals surface area contributed by atoms with Gasteiger partial charge in [-0.3, -0.25) is 19.3 Å². The Morgan fingerprint density at radius 1 is 0.838 bits per heavy atom. The number of nitrogens with zero attached hydrogens (tertiary/aromatic N) is 6. The van der Waals surface area contributed by atoms with Crippen molar-refractivity contribution < 1.29 is 27.9 Å². The Labute approximate surface area is 441 Å². The van der Waals surface area contributed by atoms with Crippen LogP contribution in [-0.2, 0) is 24.4 Å². The van der Waals surface area contributed by atoms with E-state index in [-0.39, 0.29) is 41.6 Å². The number of β-amino-alcohol motifs (C(OH)–C–C–N with tert-alkyl or cyclic N) is 1. The Morgan fingerprint density at radius 2 is 1.54 bits per heavy atom. The summed E-state index contributed by atoms with van der Waals surface area (Å²) in [6, 6.07) is 20.8. The summed E-state index contributed by atoms with van der Waals surface area (Å²) in [4.78, 5) is 62.3. The molecule has 7 rings (SSSR count). The van der Waals surface area contributed by atoms with Crippen LogP contribution < -0.4 is 30.9 Å². The van der Waals surface area contributed by atoms with Gasteiger partial charge in [0.2, 0.25) is 33.7 Å². The van der Waals surface area contributed by atoms with E-state index in [4.69, 9.17) is 0 Å². The third-order valence-corrected chi connectivity index (χ3v) is 16.1. The van der Waals surface area contributed by atoms with E-state index in [1.807, 2.05) is 83.5 Å². The molecule has 2 fully saturated rings. The summed E-state index contributed by atoms with van der Waals surface area (Å²) in [5.41, 5.74) is 6.91. The van der Waals surface area contributed by atoms with Crippen LogP contribution in [0.3, 0.4) is 0 Å². The molecule has 5 aromatic rings. The fourth-order valence-corrected chi connectivity index (χ4v) is 11.6.